The van der Waals surface area contributed by atoms with Crippen LogP contribution in [0.5, 0.6) is 0 Å². The summed E-state index contributed by atoms with van der Waals surface area (Å²) in [6, 6.07) is 0. The summed E-state index contributed by atoms with van der Waals surface area (Å²) < 4.78 is 42.7. The Balaban J connectivity index is 1.42. The molecule has 1 spiro atoms. The van der Waals surface area contributed by atoms with Gasteiger partial charge in [-0.15, -0.1) is 0 Å². The van der Waals surface area contributed by atoms with Crippen molar-refractivity contribution >= 4 is 35.6 Å². The van der Waals surface area contributed by atoms with Crippen molar-refractivity contribution < 1.29 is 72.1 Å². The van der Waals surface area contributed by atoms with Crippen LogP contribution in [0.4, 0.5) is 0 Å². The topological polar surface area (TPSA) is 214 Å². The molecule has 0 radical (unpaired) electrons. The summed E-state index contributed by atoms with van der Waals surface area (Å²) in [7, 11) is 0. The number of hydrogen-bond acceptors (Lipinski definition) is 15. The fourth-order valence-corrected chi connectivity index (χ4v) is 13.1. The smallest absolute Gasteiger partial charge is 0.341 e. The van der Waals surface area contributed by atoms with Crippen LogP contribution in [0.2, 0.25) is 0 Å². The van der Waals surface area contributed by atoms with Gasteiger partial charge in [0.1, 0.15) is 42.7 Å². The highest BCUT2D eigenvalue weighted by Crippen LogP contribution is 2.81. The molecule has 0 aromatic rings. The molecular formula is C36H46O15. The van der Waals surface area contributed by atoms with Gasteiger partial charge in [0.05, 0.1) is 11.5 Å². The van der Waals surface area contributed by atoms with Crippen LogP contribution in [0, 0.1) is 57.7 Å². The highest BCUT2D eigenvalue weighted by atomic mass is 16.8. The molecular weight excluding hydrogens is 672 g/mol. The lowest BCUT2D eigenvalue weighted by Gasteiger charge is -2.65. The summed E-state index contributed by atoms with van der Waals surface area (Å²) in [4.78, 5) is 80.5. The van der Waals surface area contributed by atoms with Crippen molar-refractivity contribution in [1.82, 2.24) is 0 Å². The minimum Gasteiger partial charge on any atom is -0.462 e. The zero-order valence-corrected chi connectivity index (χ0v) is 30.1. The van der Waals surface area contributed by atoms with Crippen molar-refractivity contribution in [3.05, 3.63) is 0 Å². The van der Waals surface area contributed by atoms with Gasteiger partial charge in [0, 0.05) is 68.1 Å². The van der Waals surface area contributed by atoms with Gasteiger partial charge < -0.3 is 43.4 Å². The Kier molecular flexibility index (Phi) is 7.05. The normalized spacial score (nSPS) is 56.6. The van der Waals surface area contributed by atoms with Crippen LogP contribution in [0.3, 0.4) is 0 Å². The lowest BCUT2D eigenvalue weighted by atomic mass is 9.41. The van der Waals surface area contributed by atoms with Crippen LogP contribution < -0.4 is 0 Å². The van der Waals surface area contributed by atoms with Crippen molar-refractivity contribution in [3.63, 3.8) is 0 Å². The SMILES string of the molecule is CC(=O)O[C@@H]1[C@H]2[C@@H]3C(=O)[C@H](O)[C@H]4C[C@@H]5O[C@@H]5[C@H](OC(C)=O)[C@]4(C)[C@H]3[C@H](OC(C)=O)[C@H](OC(C)=O)[C@]2(C)[C@H]2[C@H](C)[C@H]3O[C@]34OC(=O)[C@@](C)(O)[C@]4(C)[C@H]12. The van der Waals surface area contributed by atoms with E-state index in [1.807, 2.05) is 6.92 Å². The van der Waals surface area contributed by atoms with E-state index in [1.54, 1.807) is 20.8 Å². The Bertz CT molecular complexity index is 1660. The van der Waals surface area contributed by atoms with Crippen molar-refractivity contribution in [3.8, 4) is 0 Å². The maximum Gasteiger partial charge on any atom is 0.341 e. The van der Waals surface area contributed by atoms with E-state index >= 15 is 0 Å². The number of ether oxygens (including phenoxy) is 7. The Morgan fingerprint density at radius 2 is 1.31 bits per heavy atom. The highest BCUT2D eigenvalue weighted by Gasteiger charge is 2.93. The maximum atomic E-state index is 15.0. The summed E-state index contributed by atoms with van der Waals surface area (Å²) in [5.74, 6) is -12.1. The minimum atomic E-state index is -2.16. The summed E-state index contributed by atoms with van der Waals surface area (Å²) in [5, 5.41) is 24.1. The number of hydrogen-bond donors (Lipinski definition) is 2. The van der Waals surface area contributed by atoms with Crippen molar-refractivity contribution in [1.29, 1.82) is 0 Å². The molecule has 5 saturated carbocycles. The summed E-state index contributed by atoms with van der Waals surface area (Å²) in [5.41, 5.74) is -6.39. The third kappa shape index (κ3) is 3.93. The zero-order valence-electron chi connectivity index (χ0n) is 30.1. The van der Waals surface area contributed by atoms with Gasteiger partial charge in [-0.1, -0.05) is 20.8 Å². The highest BCUT2D eigenvalue weighted by molar-refractivity contribution is 5.89. The van der Waals surface area contributed by atoms with Crippen LogP contribution in [-0.2, 0) is 61.9 Å². The number of epoxide rings is 2. The fourth-order valence-electron chi connectivity index (χ4n) is 13.1. The van der Waals surface area contributed by atoms with Gasteiger partial charge in [-0.05, 0) is 32.1 Å². The summed E-state index contributed by atoms with van der Waals surface area (Å²) in [6.45, 7) is 13.3. The van der Waals surface area contributed by atoms with Crippen LogP contribution in [0.1, 0.15) is 68.7 Å². The number of ketones is 1. The van der Waals surface area contributed by atoms with Gasteiger partial charge in [0.2, 0.25) is 5.79 Å². The van der Waals surface area contributed by atoms with E-state index in [0.29, 0.717) is 0 Å². The second-order valence-corrected chi connectivity index (χ2v) is 17.1. The van der Waals surface area contributed by atoms with Crippen LogP contribution in [0.25, 0.3) is 0 Å². The zero-order chi connectivity index (χ0) is 37.3. The quantitative estimate of drug-likeness (QED) is 0.232. The summed E-state index contributed by atoms with van der Waals surface area (Å²) >= 11 is 0. The molecule has 0 unspecified atom stereocenters. The average molecular weight is 719 g/mol. The number of rotatable bonds is 4. The predicted octanol–water partition coefficient (Wildman–Crippen LogP) is 0.624. The molecule has 2 N–H and O–H groups in total. The number of esters is 5. The first-order valence-electron chi connectivity index (χ1n) is 17.8. The molecule has 20 atom stereocenters. The van der Waals surface area contributed by atoms with Crippen LogP contribution in [0.15, 0.2) is 0 Å². The van der Waals surface area contributed by atoms with Gasteiger partial charge >= 0.3 is 29.8 Å². The minimum absolute atomic E-state index is 0.250. The molecule has 5 aliphatic carbocycles. The third-order valence-electron chi connectivity index (χ3n) is 15.0. The molecule has 8 rings (SSSR count). The molecule has 0 aromatic carbocycles. The number of carbonyl (C=O) groups excluding carboxylic acids is 6. The molecule has 0 aromatic heterocycles. The van der Waals surface area contributed by atoms with E-state index in [9.17, 15) is 39.0 Å². The first-order chi connectivity index (χ1) is 23.6. The molecule has 3 aliphatic heterocycles. The van der Waals surface area contributed by atoms with Crippen molar-refractivity contribution in [2.75, 3.05) is 0 Å². The standard InChI is InChI=1S/C36H46O15/c1-11-19-22(34(8)35(9,44)31(43)51-36(34)28(11)50-36)26(45-12(2)37)20-18-21(27(46-13(3)38)30(33(19,20)7)48-15(5)40)32(6)16(23(41)24(18)42)10-17-25(49-17)29(32)47-14(4)39/h11,16-23,25-30,41,44H,10H2,1-9H3/t11-,16+,17-,18-,19-,20+,21+,22-,23+,25-,26+,27-,28+,29-,30-,32-,33+,34-,35+,36-/m0/s1. The van der Waals surface area contributed by atoms with Crippen molar-refractivity contribution in [2.24, 2.45) is 57.7 Å². The van der Waals surface area contributed by atoms with Gasteiger partial charge in [-0.3, -0.25) is 24.0 Å². The van der Waals surface area contributed by atoms with Gasteiger partial charge in [-0.2, -0.15) is 0 Å². The number of aliphatic hydroxyl groups excluding tert-OH is 1. The Hall–Kier alpha value is -3.14. The van der Waals surface area contributed by atoms with E-state index in [0.717, 1.165) is 0 Å². The second-order valence-electron chi connectivity index (χ2n) is 17.1. The van der Waals surface area contributed by atoms with Gasteiger partial charge in [-0.25, -0.2) is 4.79 Å². The van der Waals surface area contributed by atoms with E-state index in [1.165, 1.54) is 34.6 Å². The largest absolute Gasteiger partial charge is 0.462 e. The maximum absolute atomic E-state index is 15.0. The Labute approximate surface area is 294 Å². The molecule has 0 amide bonds. The molecule has 3 heterocycles. The van der Waals surface area contributed by atoms with E-state index in [-0.39, 0.29) is 12.5 Å². The van der Waals surface area contributed by atoms with Crippen molar-refractivity contribution in [2.45, 2.75) is 129 Å². The molecule has 3 saturated heterocycles. The van der Waals surface area contributed by atoms with Crippen LogP contribution >= 0.6 is 0 Å². The molecule has 8 fully saturated rings. The molecule has 15 nitrogen and oxygen atoms in total. The predicted molar refractivity (Wildman–Crippen MR) is 165 cm³/mol. The molecule has 280 valence electrons. The lowest BCUT2D eigenvalue weighted by Crippen LogP contribution is -2.74. The lowest BCUT2D eigenvalue weighted by molar-refractivity contribution is -0.267. The number of Topliss-reactive ketones (excluding diaryl/α,β-unsaturated/α-hetero) is 1. The molecule has 0 bridgehead atoms. The van der Waals surface area contributed by atoms with E-state index in [4.69, 9.17) is 33.2 Å². The van der Waals surface area contributed by atoms with Gasteiger partial charge in [0.25, 0.3) is 0 Å². The fraction of sp³-hybridized carbons (Fsp3) is 0.833. The number of fused-ring (bicyclic) bond motifs is 9. The number of aliphatic hydroxyl groups is 2. The molecule has 8 aliphatic rings. The Morgan fingerprint density at radius 3 is 1.90 bits per heavy atom. The second kappa shape index (κ2) is 10.3. The van der Waals surface area contributed by atoms with Gasteiger partial charge in [0.15, 0.2) is 11.4 Å². The monoisotopic (exact) mass is 718 g/mol. The van der Waals surface area contributed by atoms with Crippen LogP contribution in [-0.4, -0.2) is 106 Å². The van der Waals surface area contributed by atoms with E-state index < -0.39 is 147 Å². The molecule has 51 heavy (non-hydrogen) atoms. The first-order valence-corrected chi connectivity index (χ1v) is 17.8. The summed E-state index contributed by atoms with van der Waals surface area (Å²) in [6.07, 6.45) is -7.82. The Morgan fingerprint density at radius 1 is 0.765 bits per heavy atom. The molecule has 15 heteroatoms. The average Bonchev–Trinajstić information content (AvgIpc) is 3.92. The number of carbonyl (C=O) groups is 6. The third-order valence-corrected chi connectivity index (χ3v) is 15.0. The first kappa shape index (κ1) is 34.9. The van der Waals surface area contributed by atoms with E-state index in [2.05, 4.69) is 0 Å².